The van der Waals surface area contributed by atoms with Crippen LogP contribution in [-0.2, 0) is 5.41 Å². The molecular formula is C57H34. The number of fused-ring (bicyclic) bond motifs is 19. The van der Waals surface area contributed by atoms with E-state index in [9.17, 15) is 0 Å². The molecule has 0 nitrogen and oxygen atoms in total. The number of rotatable bonds is 2. The van der Waals surface area contributed by atoms with Crippen LogP contribution in [0, 0.1) is 0 Å². The summed E-state index contributed by atoms with van der Waals surface area (Å²) in [5, 5.41) is 12.9. The molecule has 11 aromatic carbocycles. The molecule has 0 unspecified atom stereocenters. The number of hydrogen-bond acceptors (Lipinski definition) is 0. The second-order valence-corrected chi connectivity index (χ2v) is 15.9. The van der Waals surface area contributed by atoms with Crippen LogP contribution >= 0.6 is 0 Å². The molecule has 0 heterocycles. The van der Waals surface area contributed by atoms with Gasteiger partial charge in [-0.3, -0.25) is 0 Å². The van der Waals surface area contributed by atoms with Crippen LogP contribution in [0.1, 0.15) is 22.3 Å². The Morgan fingerprint density at radius 2 is 0.789 bits per heavy atom. The van der Waals surface area contributed by atoms with Crippen LogP contribution in [0.3, 0.4) is 0 Å². The number of hydrogen-bond donors (Lipinski definition) is 0. The highest BCUT2D eigenvalue weighted by atomic mass is 14.5. The first-order valence-corrected chi connectivity index (χ1v) is 20.0. The van der Waals surface area contributed by atoms with E-state index in [1.807, 2.05) is 0 Å². The molecule has 57 heavy (non-hydrogen) atoms. The summed E-state index contributed by atoms with van der Waals surface area (Å²) in [6, 6.07) is 77.6. The van der Waals surface area contributed by atoms with Crippen LogP contribution in [0.15, 0.2) is 206 Å². The van der Waals surface area contributed by atoms with Crippen LogP contribution in [0.25, 0.3) is 98.4 Å². The molecule has 0 saturated heterocycles. The first kappa shape index (κ1) is 31.0. The quantitative estimate of drug-likeness (QED) is 0.156. The smallest absolute Gasteiger partial charge is 0.0619 e. The second kappa shape index (κ2) is 11.4. The fourth-order valence-corrected chi connectivity index (χ4v) is 10.9. The summed E-state index contributed by atoms with van der Waals surface area (Å²) >= 11 is 0. The minimum Gasteiger partial charge on any atom is -0.0619 e. The number of benzene rings is 11. The van der Waals surface area contributed by atoms with Crippen molar-refractivity contribution in [3.05, 3.63) is 229 Å². The van der Waals surface area contributed by atoms with Gasteiger partial charge in [-0.25, -0.2) is 0 Å². The van der Waals surface area contributed by atoms with E-state index in [0.717, 1.165) is 0 Å². The Hall–Kier alpha value is -7.28. The minimum atomic E-state index is -0.456. The van der Waals surface area contributed by atoms with Crippen molar-refractivity contribution in [1.82, 2.24) is 0 Å². The van der Waals surface area contributed by atoms with Crippen molar-refractivity contribution >= 4 is 53.9 Å². The van der Waals surface area contributed by atoms with Crippen LogP contribution in [0.5, 0.6) is 0 Å². The largest absolute Gasteiger partial charge is 0.0731 e. The molecule has 0 N–H and O–H groups in total. The van der Waals surface area contributed by atoms with Gasteiger partial charge in [-0.05, 0) is 151 Å². The third kappa shape index (κ3) is 4.07. The summed E-state index contributed by atoms with van der Waals surface area (Å²) in [6.45, 7) is 0. The monoisotopic (exact) mass is 718 g/mol. The van der Waals surface area contributed by atoms with Gasteiger partial charge >= 0.3 is 0 Å². The lowest BCUT2D eigenvalue weighted by Crippen LogP contribution is -2.26. The molecule has 1 spiro atoms. The summed E-state index contributed by atoms with van der Waals surface area (Å²) in [6.07, 6.45) is 0. The lowest BCUT2D eigenvalue weighted by molar-refractivity contribution is 0.803. The van der Waals surface area contributed by atoms with Crippen molar-refractivity contribution in [2.24, 2.45) is 0 Å². The van der Waals surface area contributed by atoms with Gasteiger partial charge in [0.05, 0.1) is 5.41 Å². The van der Waals surface area contributed by atoms with Crippen molar-refractivity contribution in [3.63, 3.8) is 0 Å². The lowest BCUT2D eigenvalue weighted by Gasteiger charge is -2.32. The first-order valence-electron chi connectivity index (χ1n) is 20.0. The van der Waals surface area contributed by atoms with Crippen molar-refractivity contribution < 1.29 is 0 Å². The molecular weight excluding hydrogens is 685 g/mol. The topological polar surface area (TPSA) is 0 Å². The van der Waals surface area contributed by atoms with Crippen LogP contribution < -0.4 is 0 Å². The maximum atomic E-state index is 2.50. The molecule has 0 atom stereocenters. The third-order valence-corrected chi connectivity index (χ3v) is 13.2. The molecule has 0 fully saturated rings. The van der Waals surface area contributed by atoms with Gasteiger partial charge in [0.15, 0.2) is 0 Å². The normalized spacial score (nSPS) is 13.4. The Kier molecular flexibility index (Phi) is 6.19. The average Bonchev–Trinajstić information content (AvgIpc) is 3.75. The highest BCUT2D eigenvalue weighted by Crippen LogP contribution is 2.65. The fourth-order valence-electron chi connectivity index (χ4n) is 10.9. The lowest BCUT2D eigenvalue weighted by atomic mass is 9.69. The molecule has 0 heteroatoms. The van der Waals surface area contributed by atoms with Gasteiger partial charge in [0.2, 0.25) is 0 Å². The summed E-state index contributed by atoms with van der Waals surface area (Å²) in [5.41, 5.74) is 15.4. The van der Waals surface area contributed by atoms with Crippen molar-refractivity contribution in [2.45, 2.75) is 5.41 Å². The Labute approximate surface area is 330 Å². The van der Waals surface area contributed by atoms with Gasteiger partial charge in [0, 0.05) is 0 Å². The standard InChI is InChI=1S/C57H34/c1-2-15-37-34-54-51(32-36(37)14-1)55-47-25-8-7-22-44(47)50-31-38(28-29-48(50)56(55)57(54)52-26-11-9-23-45(52)46-24-10-12-27-53(46)57)35-17-13-18-39(30-35)49-33-40-16-3-4-19-41(40)42-20-5-6-21-43(42)49/h1-34H. The predicted octanol–water partition coefficient (Wildman–Crippen LogP) is 15.1. The zero-order chi connectivity index (χ0) is 37.2. The minimum absolute atomic E-state index is 0.456. The van der Waals surface area contributed by atoms with Gasteiger partial charge in [0.25, 0.3) is 0 Å². The Morgan fingerprint density at radius 3 is 1.54 bits per heavy atom. The predicted molar refractivity (Wildman–Crippen MR) is 241 cm³/mol. The van der Waals surface area contributed by atoms with Crippen LogP contribution in [0.4, 0.5) is 0 Å². The van der Waals surface area contributed by atoms with Crippen LogP contribution in [0.2, 0.25) is 0 Å². The Morgan fingerprint density at radius 1 is 0.246 bits per heavy atom. The molecule has 0 amide bonds. The molecule has 0 radical (unpaired) electrons. The van der Waals surface area contributed by atoms with E-state index in [0.29, 0.717) is 0 Å². The molecule has 2 aliphatic rings. The van der Waals surface area contributed by atoms with E-state index in [1.54, 1.807) is 0 Å². The van der Waals surface area contributed by atoms with E-state index in [2.05, 4.69) is 206 Å². The Balaban J connectivity index is 1.11. The van der Waals surface area contributed by atoms with E-state index < -0.39 is 5.41 Å². The summed E-state index contributed by atoms with van der Waals surface area (Å²) in [5.74, 6) is 0. The molecule has 13 rings (SSSR count). The van der Waals surface area contributed by atoms with Gasteiger partial charge in [-0.15, -0.1) is 0 Å². The average molecular weight is 719 g/mol. The molecule has 0 aromatic heterocycles. The first-order chi connectivity index (χ1) is 28.3. The maximum absolute atomic E-state index is 2.50. The maximum Gasteiger partial charge on any atom is 0.0731 e. The van der Waals surface area contributed by atoms with Gasteiger partial charge in [0.1, 0.15) is 0 Å². The molecule has 11 aromatic rings. The highest BCUT2D eigenvalue weighted by molar-refractivity contribution is 6.21. The van der Waals surface area contributed by atoms with Gasteiger partial charge in [-0.1, -0.05) is 176 Å². The van der Waals surface area contributed by atoms with E-state index in [-0.39, 0.29) is 0 Å². The fraction of sp³-hybridized carbons (Fsp3) is 0.0175. The molecule has 0 aliphatic heterocycles. The summed E-state index contributed by atoms with van der Waals surface area (Å²) < 4.78 is 0. The van der Waals surface area contributed by atoms with E-state index >= 15 is 0 Å². The van der Waals surface area contributed by atoms with Crippen molar-refractivity contribution in [2.75, 3.05) is 0 Å². The SMILES string of the molecule is c1cc(-c2ccc3c4c(c5ccccc5c3c2)-c2cc3ccccc3cc2C42c3ccccc3-c3ccccc32)cc(-c2cc3ccccc3c3ccccc23)c1. The molecule has 262 valence electrons. The Bertz CT molecular complexity index is 3480. The third-order valence-electron chi connectivity index (χ3n) is 13.2. The molecule has 0 saturated carbocycles. The highest BCUT2D eigenvalue weighted by Gasteiger charge is 2.53. The van der Waals surface area contributed by atoms with Crippen molar-refractivity contribution in [1.29, 1.82) is 0 Å². The molecule has 2 aliphatic carbocycles. The van der Waals surface area contributed by atoms with Gasteiger partial charge < -0.3 is 0 Å². The van der Waals surface area contributed by atoms with E-state index in [1.165, 1.54) is 121 Å². The summed E-state index contributed by atoms with van der Waals surface area (Å²) in [7, 11) is 0. The molecule has 0 bridgehead atoms. The second-order valence-electron chi connectivity index (χ2n) is 15.9. The zero-order valence-electron chi connectivity index (χ0n) is 31.1. The zero-order valence-corrected chi connectivity index (χ0v) is 31.1. The van der Waals surface area contributed by atoms with E-state index in [4.69, 9.17) is 0 Å². The van der Waals surface area contributed by atoms with Gasteiger partial charge in [-0.2, -0.15) is 0 Å². The summed E-state index contributed by atoms with van der Waals surface area (Å²) in [4.78, 5) is 0. The van der Waals surface area contributed by atoms with Crippen LogP contribution in [-0.4, -0.2) is 0 Å². The van der Waals surface area contributed by atoms with Crippen molar-refractivity contribution in [3.8, 4) is 44.5 Å².